The summed E-state index contributed by atoms with van der Waals surface area (Å²) in [5.41, 5.74) is 11.1. The smallest absolute Gasteiger partial charge is 0.347 e. The Bertz CT molecular complexity index is 1070. The summed E-state index contributed by atoms with van der Waals surface area (Å²) in [7, 11) is 0. The molecular formula is C21H31FN6O6. The molecule has 1 aliphatic heterocycles. The second-order valence-electron chi connectivity index (χ2n) is 8.62. The normalized spacial score (nSPS) is 22.1. The standard InChI is InChI=1S/C21H31FN6O6/c1-4-5-6-12(34-20(31)15(23)10(2)3)19(30)32-8-13-11(22)7-14(33-13)28-9-25-16-17(28)26-21(24)27-18(16)29/h9-15H,4-8,23H2,1-3H3,(H3,24,26,27,29)/t11-,12?,13+,14+,15-/m0/s1. The molecule has 13 heteroatoms. The quantitative estimate of drug-likeness (QED) is 0.413. The lowest BCUT2D eigenvalue weighted by atomic mass is 10.1. The number of fused-ring (bicyclic) bond motifs is 1. The third kappa shape index (κ3) is 5.70. The van der Waals surface area contributed by atoms with E-state index in [4.69, 9.17) is 25.7 Å². The number of nitrogen functional groups attached to an aromatic ring is 1. The highest BCUT2D eigenvalue weighted by molar-refractivity contribution is 5.82. The molecule has 2 aromatic rings. The largest absolute Gasteiger partial charge is 0.460 e. The Morgan fingerprint density at radius 1 is 1.38 bits per heavy atom. The Labute approximate surface area is 195 Å². The zero-order chi connectivity index (χ0) is 25.0. The number of aromatic nitrogens is 4. The van der Waals surface area contributed by atoms with Gasteiger partial charge in [0.25, 0.3) is 5.56 Å². The van der Waals surface area contributed by atoms with Gasteiger partial charge >= 0.3 is 11.9 Å². The number of nitrogens with two attached hydrogens (primary N) is 2. The fraction of sp³-hybridized carbons (Fsp3) is 0.667. The van der Waals surface area contributed by atoms with Gasteiger partial charge in [-0.2, -0.15) is 4.98 Å². The van der Waals surface area contributed by atoms with Gasteiger partial charge in [0.05, 0.1) is 6.33 Å². The summed E-state index contributed by atoms with van der Waals surface area (Å²) in [6.07, 6.45) is -1.57. The van der Waals surface area contributed by atoms with Crippen molar-refractivity contribution in [1.29, 1.82) is 0 Å². The van der Waals surface area contributed by atoms with Crippen molar-refractivity contribution in [2.45, 2.75) is 77.1 Å². The van der Waals surface area contributed by atoms with E-state index in [-0.39, 0.29) is 42.5 Å². The van der Waals surface area contributed by atoms with Gasteiger partial charge in [-0.3, -0.25) is 19.1 Å². The fourth-order valence-electron chi connectivity index (χ4n) is 3.53. The Morgan fingerprint density at radius 3 is 2.79 bits per heavy atom. The van der Waals surface area contributed by atoms with Gasteiger partial charge < -0.3 is 25.7 Å². The van der Waals surface area contributed by atoms with Gasteiger partial charge in [0.15, 0.2) is 17.3 Å². The number of nitrogens with one attached hydrogen (secondary N) is 1. The van der Waals surface area contributed by atoms with Crippen LogP contribution < -0.4 is 17.0 Å². The van der Waals surface area contributed by atoms with E-state index in [1.165, 1.54) is 10.9 Å². The minimum atomic E-state index is -1.46. The number of hydrogen-bond acceptors (Lipinski definition) is 10. The van der Waals surface area contributed by atoms with Crippen LogP contribution in [0.25, 0.3) is 11.2 Å². The van der Waals surface area contributed by atoms with Crippen LogP contribution in [0.4, 0.5) is 10.3 Å². The molecule has 0 amide bonds. The Hall–Kier alpha value is -3.06. The number of hydrogen-bond donors (Lipinski definition) is 3. The van der Waals surface area contributed by atoms with Crippen molar-refractivity contribution in [2.24, 2.45) is 11.7 Å². The predicted octanol–water partition coefficient (Wildman–Crippen LogP) is 0.956. The maximum absolute atomic E-state index is 14.7. The number of ether oxygens (including phenoxy) is 3. The van der Waals surface area contributed by atoms with E-state index >= 15 is 0 Å². The lowest BCUT2D eigenvalue weighted by molar-refractivity contribution is -0.172. The molecule has 1 saturated heterocycles. The number of H-pyrrole nitrogens is 1. The Morgan fingerprint density at radius 2 is 2.12 bits per heavy atom. The van der Waals surface area contributed by atoms with Crippen molar-refractivity contribution >= 4 is 29.1 Å². The number of nitrogens with zero attached hydrogens (tertiary/aromatic N) is 3. The number of esters is 2. The van der Waals surface area contributed by atoms with Crippen molar-refractivity contribution in [2.75, 3.05) is 12.3 Å². The van der Waals surface area contributed by atoms with E-state index in [0.29, 0.717) is 6.42 Å². The van der Waals surface area contributed by atoms with Crippen molar-refractivity contribution in [3.8, 4) is 0 Å². The van der Waals surface area contributed by atoms with Crippen LogP contribution in [-0.4, -0.2) is 62.5 Å². The van der Waals surface area contributed by atoms with Gasteiger partial charge in [0.2, 0.25) is 5.95 Å². The van der Waals surface area contributed by atoms with Crippen LogP contribution in [0, 0.1) is 5.92 Å². The van der Waals surface area contributed by atoms with Crippen LogP contribution in [-0.2, 0) is 23.8 Å². The number of anilines is 1. The molecular weight excluding hydrogens is 451 g/mol. The van der Waals surface area contributed by atoms with E-state index in [1.807, 2.05) is 6.92 Å². The van der Waals surface area contributed by atoms with E-state index in [9.17, 15) is 18.8 Å². The molecule has 34 heavy (non-hydrogen) atoms. The molecule has 1 aliphatic rings. The number of carbonyl (C=O) groups is 2. The van der Waals surface area contributed by atoms with Crippen LogP contribution in [0.15, 0.2) is 11.1 Å². The minimum absolute atomic E-state index is 0.0447. The average molecular weight is 483 g/mol. The van der Waals surface area contributed by atoms with Crippen molar-refractivity contribution in [3.05, 3.63) is 16.7 Å². The van der Waals surface area contributed by atoms with E-state index in [0.717, 1.165) is 6.42 Å². The van der Waals surface area contributed by atoms with E-state index in [2.05, 4.69) is 15.0 Å². The molecule has 0 bridgehead atoms. The topological polar surface area (TPSA) is 177 Å². The molecule has 0 spiro atoms. The molecule has 5 atom stereocenters. The Kier molecular flexibility index (Phi) is 8.20. The summed E-state index contributed by atoms with van der Waals surface area (Å²) in [6.45, 7) is 5.09. The fourth-order valence-corrected chi connectivity index (χ4v) is 3.53. The summed E-state index contributed by atoms with van der Waals surface area (Å²) in [4.78, 5) is 47.2. The predicted molar refractivity (Wildman–Crippen MR) is 119 cm³/mol. The second kappa shape index (κ2) is 10.9. The van der Waals surface area contributed by atoms with Crippen LogP contribution in [0.5, 0.6) is 0 Å². The number of aromatic amines is 1. The minimum Gasteiger partial charge on any atom is -0.460 e. The molecule has 0 aliphatic carbocycles. The van der Waals surface area contributed by atoms with Gasteiger partial charge in [0, 0.05) is 6.42 Å². The molecule has 12 nitrogen and oxygen atoms in total. The molecule has 0 radical (unpaired) electrons. The number of imidazole rings is 1. The zero-order valence-corrected chi connectivity index (χ0v) is 19.4. The summed E-state index contributed by atoms with van der Waals surface area (Å²) in [6, 6.07) is -0.869. The number of unbranched alkanes of at least 4 members (excludes halogenated alkanes) is 1. The Balaban J connectivity index is 1.63. The molecule has 0 saturated carbocycles. The third-order valence-corrected chi connectivity index (χ3v) is 5.64. The lowest BCUT2D eigenvalue weighted by Crippen LogP contribution is -2.41. The van der Waals surface area contributed by atoms with Crippen molar-refractivity contribution in [3.63, 3.8) is 0 Å². The molecule has 1 unspecified atom stereocenters. The van der Waals surface area contributed by atoms with Gasteiger partial charge in [-0.15, -0.1) is 0 Å². The summed E-state index contributed by atoms with van der Waals surface area (Å²) < 4.78 is 32.4. The third-order valence-electron chi connectivity index (χ3n) is 5.64. The molecule has 2 aromatic heterocycles. The average Bonchev–Trinajstić information content (AvgIpc) is 3.37. The van der Waals surface area contributed by atoms with Crippen molar-refractivity contribution < 1.29 is 28.2 Å². The summed E-state index contributed by atoms with van der Waals surface area (Å²) in [5.74, 6) is -1.75. The molecule has 188 valence electrons. The number of carbonyl (C=O) groups excluding carboxylic acids is 2. The first-order valence-electron chi connectivity index (χ1n) is 11.3. The lowest BCUT2D eigenvalue weighted by Gasteiger charge is -2.21. The molecule has 3 rings (SSSR count). The van der Waals surface area contributed by atoms with Gasteiger partial charge in [-0.1, -0.05) is 27.2 Å². The number of rotatable bonds is 10. The monoisotopic (exact) mass is 482 g/mol. The van der Waals surface area contributed by atoms with Crippen LogP contribution in [0.3, 0.4) is 0 Å². The summed E-state index contributed by atoms with van der Waals surface area (Å²) in [5, 5.41) is 0. The first kappa shape index (κ1) is 25.6. The molecule has 1 fully saturated rings. The maximum Gasteiger partial charge on any atom is 0.347 e. The summed E-state index contributed by atoms with van der Waals surface area (Å²) >= 11 is 0. The van der Waals surface area contributed by atoms with Crippen LogP contribution in [0.2, 0.25) is 0 Å². The second-order valence-corrected chi connectivity index (χ2v) is 8.62. The zero-order valence-electron chi connectivity index (χ0n) is 19.4. The van der Waals surface area contributed by atoms with Crippen LogP contribution in [0.1, 0.15) is 52.7 Å². The van der Waals surface area contributed by atoms with Crippen molar-refractivity contribution in [1.82, 2.24) is 19.5 Å². The molecule has 0 aromatic carbocycles. The highest BCUT2D eigenvalue weighted by Gasteiger charge is 2.39. The van der Waals surface area contributed by atoms with E-state index < -0.39 is 48.1 Å². The molecule has 5 N–H and O–H groups in total. The van der Waals surface area contributed by atoms with E-state index in [1.54, 1.807) is 13.8 Å². The SMILES string of the molecule is CCCCC(OC(=O)[C@@H](N)C(C)C)C(=O)OC[C@H]1O[C@@H](n2cnc3c(=O)[nH]c(N)nc32)C[C@@H]1F. The number of alkyl halides is 1. The first-order valence-corrected chi connectivity index (χ1v) is 11.3. The van der Waals surface area contributed by atoms with Gasteiger partial charge in [-0.05, 0) is 18.8 Å². The highest BCUT2D eigenvalue weighted by atomic mass is 19.1. The molecule has 3 heterocycles. The van der Waals surface area contributed by atoms with Crippen LogP contribution >= 0.6 is 0 Å². The first-order chi connectivity index (χ1) is 16.1. The number of halogens is 1. The van der Waals surface area contributed by atoms with Gasteiger partial charge in [0.1, 0.15) is 31.2 Å². The highest BCUT2D eigenvalue weighted by Crippen LogP contribution is 2.32. The maximum atomic E-state index is 14.7. The van der Waals surface area contributed by atoms with Gasteiger partial charge in [-0.25, -0.2) is 14.2 Å².